The lowest BCUT2D eigenvalue weighted by molar-refractivity contribution is 0.214. The molecule has 66 valence electrons. The van der Waals surface area contributed by atoms with Crippen LogP contribution in [0.4, 0.5) is 26.3 Å². The topological polar surface area (TPSA) is 0 Å². The molecular formula is C4H2F6S. The van der Waals surface area contributed by atoms with E-state index in [0.717, 1.165) is 0 Å². The Labute approximate surface area is 61.4 Å². The van der Waals surface area contributed by atoms with Gasteiger partial charge in [-0.1, -0.05) is 10.9 Å². The van der Waals surface area contributed by atoms with Crippen molar-refractivity contribution in [2.45, 2.75) is 12.9 Å². The molecule has 0 saturated heterocycles. The van der Waals surface area contributed by atoms with Crippen molar-refractivity contribution in [2.75, 3.05) is 0 Å². The molecule has 0 heterocycles. The standard InChI is InChI=1S/C4H2F6S/c5-1(6)3(9)11-4(10)2(7)8/h1-2H. The Bertz CT molecular complexity index is 173. The molecule has 0 amide bonds. The molecule has 0 saturated carbocycles. The highest BCUT2D eigenvalue weighted by Crippen LogP contribution is 2.05. The molecule has 7 heteroatoms. The van der Waals surface area contributed by atoms with Crippen molar-refractivity contribution >= 4 is 21.2 Å². The Morgan fingerprint density at radius 1 is 0.818 bits per heavy atom. The zero-order valence-corrected chi connectivity index (χ0v) is 5.65. The third-order valence-electron chi connectivity index (χ3n) is 0.538. The Balaban J connectivity index is 4.60. The fourth-order valence-electron chi connectivity index (χ4n) is 0.182. The normalized spacial score (nSPS) is 10.5. The van der Waals surface area contributed by atoms with Crippen LogP contribution < -0.4 is 0 Å². The molecule has 0 radical (unpaired) electrons. The average Bonchev–Trinajstić information content (AvgIpc) is 1.87. The third kappa shape index (κ3) is 4.07. The van der Waals surface area contributed by atoms with Crippen LogP contribution in [0, 0.1) is 0 Å². The highest BCUT2D eigenvalue weighted by atomic mass is 32.1. The predicted molar refractivity (Wildman–Crippen MR) is 31.8 cm³/mol. The molecule has 0 aromatic rings. The Hall–Kier alpha value is -0.460. The molecule has 0 aliphatic heterocycles. The van der Waals surface area contributed by atoms with E-state index in [4.69, 9.17) is 0 Å². The smallest absolute Gasteiger partial charge is 0.201 e. The van der Waals surface area contributed by atoms with Gasteiger partial charge in [-0.3, -0.25) is 0 Å². The Morgan fingerprint density at radius 2 is 1.09 bits per heavy atom. The maximum Gasteiger partial charge on any atom is 0.298 e. The van der Waals surface area contributed by atoms with Crippen molar-refractivity contribution in [3.8, 4) is 0 Å². The van der Waals surface area contributed by atoms with E-state index in [1.165, 1.54) is 0 Å². The second-order valence-electron chi connectivity index (χ2n) is 1.31. The van der Waals surface area contributed by atoms with Gasteiger partial charge in [-0.05, 0) is 0 Å². The van der Waals surface area contributed by atoms with E-state index in [9.17, 15) is 26.3 Å². The molecule has 11 heavy (non-hydrogen) atoms. The molecule has 0 unspecified atom stereocenters. The van der Waals surface area contributed by atoms with E-state index in [1.807, 2.05) is 0 Å². The molecule has 0 bridgehead atoms. The first kappa shape index (κ1) is 10.5. The van der Waals surface area contributed by atoms with Crippen LogP contribution in [-0.2, 0) is 0 Å². The summed E-state index contributed by atoms with van der Waals surface area (Å²) in [5.41, 5.74) is 0. The molecular weight excluding hydrogens is 194 g/mol. The van der Waals surface area contributed by atoms with Gasteiger partial charge in [0, 0.05) is 0 Å². The SMILES string of the molecule is FC(=S=C(F)C(F)F)C(F)F. The van der Waals surface area contributed by atoms with Crippen LogP contribution in [0.5, 0.6) is 0 Å². The fourth-order valence-corrected chi connectivity index (χ4v) is 0.547. The van der Waals surface area contributed by atoms with Gasteiger partial charge in [0.25, 0.3) is 12.9 Å². The van der Waals surface area contributed by atoms with E-state index in [1.54, 1.807) is 0 Å². The van der Waals surface area contributed by atoms with Gasteiger partial charge >= 0.3 is 0 Å². The lowest BCUT2D eigenvalue weighted by atomic mass is 10.8. The summed E-state index contributed by atoms with van der Waals surface area (Å²) in [6, 6.07) is 0. The van der Waals surface area contributed by atoms with Crippen LogP contribution in [0.25, 0.3) is 0 Å². The first-order valence-electron chi connectivity index (χ1n) is 2.24. The van der Waals surface area contributed by atoms with Crippen molar-refractivity contribution in [3.63, 3.8) is 0 Å². The summed E-state index contributed by atoms with van der Waals surface area (Å²) in [5, 5.41) is -4.33. The van der Waals surface area contributed by atoms with Gasteiger partial charge < -0.3 is 0 Å². The van der Waals surface area contributed by atoms with Crippen LogP contribution in [0.1, 0.15) is 0 Å². The van der Waals surface area contributed by atoms with E-state index < -0.39 is 34.0 Å². The van der Waals surface area contributed by atoms with Gasteiger partial charge in [-0.25, -0.2) is 17.6 Å². The number of alkyl halides is 4. The number of rotatable bonds is 2. The van der Waals surface area contributed by atoms with E-state index in [0.29, 0.717) is 0 Å². The second kappa shape index (κ2) is 4.42. The molecule has 0 fully saturated rings. The molecule has 0 atom stereocenters. The molecule has 0 aliphatic rings. The number of hydrogen-bond acceptors (Lipinski definition) is 0. The lowest BCUT2D eigenvalue weighted by Gasteiger charge is -1.90. The maximum absolute atomic E-state index is 11.7. The Morgan fingerprint density at radius 3 is 1.27 bits per heavy atom. The second-order valence-corrected chi connectivity index (χ2v) is 2.30. The van der Waals surface area contributed by atoms with Crippen LogP contribution >= 0.6 is 10.9 Å². The lowest BCUT2D eigenvalue weighted by Crippen LogP contribution is -2.04. The highest BCUT2D eigenvalue weighted by Gasteiger charge is 2.14. The monoisotopic (exact) mass is 196 g/mol. The summed E-state index contributed by atoms with van der Waals surface area (Å²) in [7, 11) is -0.884. The molecule has 0 spiro atoms. The first-order valence-corrected chi connectivity index (χ1v) is 3.05. The van der Waals surface area contributed by atoms with Gasteiger partial charge in [0.05, 0.1) is 0 Å². The first-order chi connectivity index (χ1) is 4.95. The van der Waals surface area contributed by atoms with Gasteiger partial charge in [-0.2, -0.15) is 8.78 Å². The Kier molecular flexibility index (Phi) is 4.24. The minimum Gasteiger partial charge on any atom is -0.201 e. The maximum atomic E-state index is 11.7. The van der Waals surface area contributed by atoms with E-state index >= 15 is 0 Å². The summed E-state index contributed by atoms with van der Waals surface area (Å²) < 4.78 is 68.1. The van der Waals surface area contributed by atoms with Crippen molar-refractivity contribution in [1.82, 2.24) is 0 Å². The molecule has 0 nitrogen and oxygen atoms in total. The quantitative estimate of drug-likeness (QED) is 0.361. The van der Waals surface area contributed by atoms with Crippen molar-refractivity contribution in [1.29, 1.82) is 0 Å². The summed E-state index contributed by atoms with van der Waals surface area (Å²) in [4.78, 5) is 0. The molecule has 0 aliphatic carbocycles. The van der Waals surface area contributed by atoms with Crippen molar-refractivity contribution in [2.24, 2.45) is 0 Å². The van der Waals surface area contributed by atoms with E-state index in [2.05, 4.69) is 0 Å². The highest BCUT2D eigenvalue weighted by molar-refractivity contribution is 7.97. The third-order valence-corrected chi connectivity index (χ3v) is 1.28. The summed E-state index contributed by atoms with van der Waals surface area (Å²) in [6.45, 7) is 0. The summed E-state index contributed by atoms with van der Waals surface area (Å²) in [5.74, 6) is 0. The minimum atomic E-state index is -3.54. The molecule has 0 aromatic carbocycles. The van der Waals surface area contributed by atoms with Crippen molar-refractivity contribution in [3.05, 3.63) is 0 Å². The molecule has 0 rings (SSSR count). The minimum absolute atomic E-state index is 0.884. The summed E-state index contributed by atoms with van der Waals surface area (Å²) >= 11 is 0. The van der Waals surface area contributed by atoms with Gasteiger partial charge in [0.2, 0.25) is 10.2 Å². The zero-order chi connectivity index (χ0) is 9.02. The number of halogens is 6. The van der Waals surface area contributed by atoms with Crippen LogP contribution in [0.3, 0.4) is 0 Å². The average molecular weight is 196 g/mol. The fraction of sp³-hybridized carbons (Fsp3) is 0.500. The van der Waals surface area contributed by atoms with E-state index in [-0.39, 0.29) is 0 Å². The van der Waals surface area contributed by atoms with Crippen LogP contribution in [0.15, 0.2) is 0 Å². The summed E-state index contributed by atoms with van der Waals surface area (Å²) in [6.07, 6.45) is -7.08. The predicted octanol–water partition coefficient (Wildman–Crippen LogP) is 2.45. The van der Waals surface area contributed by atoms with Gasteiger partial charge in [-0.15, -0.1) is 0 Å². The van der Waals surface area contributed by atoms with Gasteiger partial charge in [0.15, 0.2) is 0 Å². The van der Waals surface area contributed by atoms with Crippen molar-refractivity contribution < 1.29 is 26.3 Å². The molecule has 0 aromatic heterocycles. The number of hydrogen-bond donors (Lipinski definition) is 0. The van der Waals surface area contributed by atoms with Crippen LogP contribution in [0.2, 0.25) is 0 Å². The van der Waals surface area contributed by atoms with Gasteiger partial charge in [0.1, 0.15) is 0 Å². The molecule has 0 N–H and O–H groups in total. The van der Waals surface area contributed by atoms with Crippen LogP contribution in [-0.4, -0.2) is 23.1 Å². The zero-order valence-electron chi connectivity index (χ0n) is 4.83. The largest absolute Gasteiger partial charge is 0.298 e.